The monoisotopic (exact) mass is 458 g/mol. The van der Waals surface area contributed by atoms with Gasteiger partial charge in [-0.25, -0.2) is 4.39 Å². The molecular formula is C27H27FN4O2. The molecular weight excluding hydrogens is 431 g/mol. The van der Waals surface area contributed by atoms with Crippen molar-refractivity contribution in [1.82, 2.24) is 9.88 Å². The van der Waals surface area contributed by atoms with Gasteiger partial charge in [0.15, 0.2) is 0 Å². The Morgan fingerprint density at radius 2 is 1.62 bits per heavy atom. The molecule has 1 amide bonds. The molecule has 174 valence electrons. The van der Waals surface area contributed by atoms with E-state index in [2.05, 4.69) is 28.6 Å². The zero-order valence-electron chi connectivity index (χ0n) is 19.6. The predicted octanol–water partition coefficient (Wildman–Crippen LogP) is 5.44. The number of amides is 1. The number of nitrogens with two attached hydrogens (primary N) is 1. The third kappa shape index (κ3) is 4.37. The summed E-state index contributed by atoms with van der Waals surface area (Å²) in [5.41, 5.74) is 10.2. The maximum atomic E-state index is 14.7. The summed E-state index contributed by atoms with van der Waals surface area (Å²) >= 11 is 0. The van der Waals surface area contributed by atoms with Gasteiger partial charge in [-0.3, -0.25) is 9.78 Å². The molecule has 1 aromatic heterocycles. The number of hydrogen-bond acceptors (Lipinski definition) is 5. The van der Waals surface area contributed by atoms with Crippen LogP contribution in [0.25, 0.3) is 22.3 Å². The summed E-state index contributed by atoms with van der Waals surface area (Å²) in [6, 6.07) is 11.5. The molecule has 1 aliphatic heterocycles. The highest BCUT2D eigenvalue weighted by Gasteiger charge is 2.19. The van der Waals surface area contributed by atoms with Gasteiger partial charge in [0.05, 0.1) is 7.11 Å². The van der Waals surface area contributed by atoms with Gasteiger partial charge in [-0.15, -0.1) is 0 Å². The molecule has 0 atom stereocenters. The van der Waals surface area contributed by atoms with Crippen molar-refractivity contribution in [3.63, 3.8) is 0 Å². The van der Waals surface area contributed by atoms with E-state index in [4.69, 9.17) is 10.5 Å². The van der Waals surface area contributed by atoms with E-state index in [1.807, 2.05) is 56.0 Å². The van der Waals surface area contributed by atoms with Crippen molar-refractivity contribution in [2.75, 3.05) is 12.0 Å². The van der Waals surface area contributed by atoms with E-state index < -0.39 is 11.7 Å². The summed E-state index contributed by atoms with van der Waals surface area (Å²) < 4.78 is 19.9. The summed E-state index contributed by atoms with van der Waals surface area (Å²) in [4.78, 5) is 20.2. The third-order valence-electron chi connectivity index (χ3n) is 5.92. The van der Waals surface area contributed by atoms with Crippen LogP contribution in [0.2, 0.25) is 0 Å². The highest BCUT2D eigenvalue weighted by atomic mass is 19.1. The topological polar surface area (TPSA) is 71.7 Å². The fraction of sp³-hybridized carbons (Fsp3) is 0.185. The van der Waals surface area contributed by atoms with Crippen molar-refractivity contribution in [1.29, 1.82) is 0 Å². The molecule has 2 N–H and O–H groups in total. The minimum absolute atomic E-state index is 0.0929. The van der Waals surface area contributed by atoms with E-state index in [-0.39, 0.29) is 11.3 Å². The number of hydrogen-bond donors (Lipinski definition) is 1. The van der Waals surface area contributed by atoms with Crippen molar-refractivity contribution in [2.45, 2.75) is 26.8 Å². The number of methoxy groups -OCH3 is 1. The van der Waals surface area contributed by atoms with Crippen LogP contribution in [0.5, 0.6) is 5.75 Å². The number of pyridine rings is 1. The van der Waals surface area contributed by atoms with Crippen LogP contribution in [0.3, 0.4) is 0 Å². The van der Waals surface area contributed by atoms with Crippen LogP contribution in [0.4, 0.5) is 10.1 Å². The summed E-state index contributed by atoms with van der Waals surface area (Å²) in [7, 11) is 1.38. The van der Waals surface area contributed by atoms with Gasteiger partial charge in [0.25, 0.3) is 5.91 Å². The average Bonchev–Trinajstić information content (AvgIpc) is 2.83. The third-order valence-corrected chi connectivity index (χ3v) is 5.92. The Hall–Kier alpha value is -4.13. The number of carbonyl (C=O) groups excluding carboxylic acids is 1. The van der Waals surface area contributed by atoms with E-state index in [1.54, 1.807) is 18.5 Å². The molecule has 0 bridgehead atoms. The van der Waals surface area contributed by atoms with Gasteiger partial charge >= 0.3 is 0 Å². The molecule has 2 heterocycles. The quantitative estimate of drug-likeness (QED) is 0.532. The second-order valence-corrected chi connectivity index (χ2v) is 8.35. The summed E-state index contributed by atoms with van der Waals surface area (Å²) in [5.74, 6) is -1.51. The molecule has 0 spiro atoms. The number of anilines is 1. The first kappa shape index (κ1) is 23.0. The SMILES string of the molecule is COc1cc(-c2cncc(-c3ccc(N4C=CN(C(C)C)C=C4)cc3)c2C)cc(F)c1C(N)=O. The molecule has 2 aromatic carbocycles. The highest BCUT2D eigenvalue weighted by Crippen LogP contribution is 2.35. The second-order valence-electron chi connectivity index (χ2n) is 8.35. The van der Waals surface area contributed by atoms with Crippen LogP contribution in [-0.4, -0.2) is 28.9 Å². The first-order valence-corrected chi connectivity index (χ1v) is 10.9. The van der Waals surface area contributed by atoms with Gasteiger partial charge in [-0.2, -0.15) is 0 Å². The first-order chi connectivity index (χ1) is 16.3. The normalized spacial score (nSPS) is 13.0. The molecule has 6 nitrogen and oxygen atoms in total. The molecule has 7 heteroatoms. The maximum Gasteiger partial charge on any atom is 0.255 e. The van der Waals surface area contributed by atoms with Crippen LogP contribution in [-0.2, 0) is 0 Å². The van der Waals surface area contributed by atoms with Crippen LogP contribution >= 0.6 is 0 Å². The first-order valence-electron chi connectivity index (χ1n) is 10.9. The van der Waals surface area contributed by atoms with Gasteiger partial charge in [0, 0.05) is 60.0 Å². The predicted molar refractivity (Wildman–Crippen MR) is 133 cm³/mol. The lowest BCUT2D eigenvalue weighted by Gasteiger charge is -2.27. The van der Waals surface area contributed by atoms with Gasteiger partial charge < -0.3 is 20.3 Å². The molecule has 0 saturated heterocycles. The fourth-order valence-corrected chi connectivity index (χ4v) is 3.97. The number of ether oxygens (including phenoxy) is 1. The molecule has 0 unspecified atom stereocenters. The highest BCUT2D eigenvalue weighted by molar-refractivity contribution is 5.97. The standard InChI is InChI=1S/C27H27FN4O2/c1-17(2)31-9-11-32(12-10-31)21-7-5-19(6-8-21)22-15-30-16-23(18(22)3)20-13-24(28)26(27(29)33)25(14-20)34-4/h5-17H,1-4H3,(H2,29,33). The largest absolute Gasteiger partial charge is 0.496 e. The van der Waals surface area contributed by atoms with Crippen molar-refractivity contribution in [3.8, 4) is 28.0 Å². The maximum absolute atomic E-state index is 14.7. The van der Waals surface area contributed by atoms with Crippen molar-refractivity contribution in [3.05, 3.63) is 90.5 Å². The number of nitrogens with zero attached hydrogens (tertiary/aromatic N) is 3. The lowest BCUT2D eigenvalue weighted by Crippen LogP contribution is -2.24. The molecule has 0 saturated carbocycles. The smallest absolute Gasteiger partial charge is 0.255 e. The lowest BCUT2D eigenvalue weighted by atomic mass is 9.94. The summed E-state index contributed by atoms with van der Waals surface area (Å²) in [5, 5.41) is 0. The van der Waals surface area contributed by atoms with E-state index in [9.17, 15) is 9.18 Å². The Bertz CT molecular complexity index is 1270. The fourth-order valence-electron chi connectivity index (χ4n) is 3.97. The molecule has 0 radical (unpaired) electrons. The average molecular weight is 459 g/mol. The molecule has 0 fully saturated rings. The molecule has 3 aromatic rings. The van der Waals surface area contributed by atoms with Crippen LogP contribution in [0.1, 0.15) is 29.8 Å². The number of halogens is 1. The molecule has 0 aliphatic carbocycles. The number of primary amides is 1. The Labute approximate surface area is 198 Å². The minimum atomic E-state index is -0.875. The molecule has 4 rings (SSSR count). The molecule has 34 heavy (non-hydrogen) atoms. The van der Waals surface area contributed by atoms with E-state index in [1.165, 1.54) is 13.2 Å². The Kier molecular flexibility index (Phi) is 6.36. The number of benzene rings is 2. The van der Waals surface area contributed by atoms with Crippen LogP contribution in [0, 0.1) is 12.7 Å². The minimum Gasteiger partial charge on any atom is -0.496 e. The number of carbonyl (C=O) groups is 1. The number of aromatic nitrogens is 1. The van der Waals surface area contributed by atoms with E-state index >= 15 is 0 Å². The van der Waals surface area contributed by atoms with Crippen LogP contribution in [0.15, 0.2) is 73.6 Å². The van der Waals surface area contributed by atoms with Gasteiger partial charge in [-0.1, -0.05) is 12.1 Å². The Morgan fingerprint density at radius 1 is 1.00 bits per heavy atom. The zero-order chi connectivity index (χ0) is 24.4. The van der Waals surface area contributed by atoms with Crippen molar-refractivity contribution < 1.29 is 13.9 Å². The lowest BCUT2D eigenvalue weighted by molar-refractivity contribution is 0.0993. The van der Waals surface area contributed by atoms with Gasteiger partial charge in [0.1, 0.15) is 17.1 Å². The number of rotatable bonds is 6. The van der Waals surface area contributed by atoms with Crippen molar-refractivity contribution in [2.24, 2.45) is 5.73 Å². The summed E-state index contributed by atoms with van der Waals surface area (Å²) in [6.45, 7) is 6.24. The Balaban J connectivity index is 1.66. The zero-order valence-corrected chi connectivity index (χ0v) is 19.6. The van der Waals surface area contributed by atoms with E-state index in [0.29, 0.717) is 11.6 Å². The van der Waals surface area contributed by atoms with Gasteiger partial charge in [0.2, 0.25) is 0 Å². The van der Waals surface area contributed by atoms with Gasteiger partial charge in [-0.05, 0) is 61.7 Å². The molecule has 1 aliphatic rings. The van der Waals surface area contributed by atoms with E-state index in [0.717, 1.165) is 27.9 Å². The van der Waals surface area contributed by atoms with Crippen molar-refractivity contribution >= 4 is 11.6 Å². The second kappa shape index (κ2) is 9.39. The summed E-state index contributed by atoms with van der Waals surface area (Å²) in [6.07, 6.45) is 11.6. The van der Waals surface area contributed by atoms with Crippen LogP contribution < -0.4 is 15.4 Å². The Morgan fingerprint density at radius 3 is 2.18 bits per heavy atom.